The van der Waals surface area contributed by atoms with Crippen molar-refractivity contribution < 1.29 is 17.9 Å². The van der Waals surface area contributed by atoms with Crippen molar-refractivity contribution in [3.63, 3.8) is 0 Å². The number of carbonyl (C=O) groups excluding carboxylic acids is 1. The predicted octanol–water partition coefficient (Wildman–Crippen LogP) is 4.05. The highest BCUT2D eigenvalue weighted by atomic mass is 35.5. The van der Waals surface area contributed by atoms with E-state index in [1.54, 1.807) is 29.2 Å². The van der Waals surface area contributed by atoms with Crippen molar-refractivity contribution in [1.82, 2.24) is 0 Å². The number of ether oxygens (including phenoxy) is 1. The van der Waals surface area contributed by atoms with Gasteiger partial charge in [0.05, 0.1) is 21.7 Å². The smallest absolute Gasteiger partial charge is 0.261 e. The Morgan fingerprint density at radius 1 is 1.15 bits per heavy atom. The van der Waals surface area contributed by atoms with E-state index >= 15 is 0 Å². The minimum absolute atomic E-state index is 0.0361. The lowest BCUT2D eigenvalue weighted by Gasteiger charge is -2.16. The Morgan fingerprint density at radius 2 is 1.85 bits per heavy atom. The van der Waals surface area contributed by atoms with E-state index in [9.17, 15) is 13.2 Å². The van der Waals surface area contributed by atoms with Crippen LogP contribution in [0, 0.1) is 0 Å². The molecule has 1 aliphatic heterocycles. The molecule has 1 saturated heterocycles. The Labute approximate surface area is 164 Å². The molecule has 27 heavy (non-hydrogen) atoms. The summed E-state index contributed by atoms with van der Waals surface area (Å²) in [4.78, 5) is 13.6. The molecule has 1 N–H and O–H groups in total. The molecular formula is C19H21ClN2O4S. The van der Waals surface area contributed by atoms with E-state index in [1.165, 1.54) is 18.2 Å². The van der Waals surface area contributed by atoms with Crippen LogP contribution < -0.4 is 14.4 Å². The second-order valence-electron chi connectivity index (χ2n) is 6.56. The van der Waals surface area contributed by atoms with Crippen LogP contribution >= 0.6 is 11.6 Å². The number of anilines is 2. The molecule has 3 rings (SSSR count). The number of rotatable bonds is 6. The van der Waals surface area contributed by atoms with E-state index in [-0.39, 0.29) is 16.9 Å². The molecule has 2 aromatic carbocycles. The van der Waals surface area contributed by atoms with Gasteiger partial charge in [0.2, 0.25) is 5.91 Å². The van der Waals surface area contributed by atoms with Crippen molar-refractivity contribution in [2.24, 2.45) is 0 Å². The first kappa shape index (κ1) is 19.5. The topological polar surface area (TPSA) is 75.7 Å². The normalized spacial score (nSPS) is 14.7. The maximum absolute atomic E-state index is 12.6. The number of nitrogens with one attached hydrogen (secondary N) is 1. The van der Waals surface area contributed by atoms with Crippen molar-refractivity contribution in [1.29, 1.82) is 0 Å². The standard InChI is InChI=1S/C19H21ClN2O4S/c1-13(2)26-18-10-5-14(12-17(18)20)21-27(24,25)16-8-6-15(7-9-16)22-11-3-4-19(22)23/h5-10,12-13,21H,3-4,11H2,1-2H3. The second-order valence-corrected chi connectivity index (χ2v) is 8.65. The molecule has 0 spiro atoms. The number of hydrogen-bond donors (Lipinski definition) is 1. The van der Waals surface area contributed by atoms with Crippen molar-refractivity contribution in [3.05, 3.63) is 47.5 Å². The lowest BCUT2D eigenvalue weighted by atomic mass is 10.3. The Morgan fingerprint density at radius 3 is 2.41 bits per heavy atom. The molecule has 2 aromatic rings. The Bertz CT molecular complexity index is 943. The fourth-order valence-electron chi connectivity index (χ4n) is 2.85. The molecule has 0 aromatic heterocycles. The molecule has 0 radical (unpaired) electrons. The third-order valence-electron chi connectivity index (χ3n) is 4.08. The average molecular weight is 409 g/mol. The highest BCUT2D eigenvalue weighted by Gasteiger charge is 2.22. The summed E-state index contributed by atoms with van der Waals surface area (Å²) >= 11 is 6.16. The largest absolute Gasteiger partial charge is 0.489 e. The van der Waals surface area contributed by atoms with Crippen molar-refractivity contribution in [2.45, 2.75) is 37.7 Å². The molecule has 1 aliphatic rings. The predicted molar refractivity (Wildman–Crippen MR) is 106 cm³/mol. The van der Waals surface area contributed by atoms with Crippen LogP contribution in [0.25, 0.3) is 0 Å². The van der Waals surface area contributed by atoms with Crippen LogP contribution in [0.5, 0.6) is 5.75 Å². The zero-order valence-electron chi connectivity index (χ0n) is 15.1. The minimum atomic E-state index is -3.77. The van der Waals surface area contributed by atoms with Gasteiger partial charge in [-0.3, -0.25) is 9.52 Å². The average Bonchev–Trinajstić information content (AvgIpc) is 3.03. The first-order valence-electron chi connectivity index (χ1n) is 8.66. The van der Waals surface area contributed by atoms with Gasteiger partial charge in [0.25, 0.3) is 10.0 Å². The number of sulfonamides is 1. The molecule has 0 unspecified atom stereocenters. The monoisotopic (exact) mass is 408 g/mol. The minimum Gasteiger partial charge on any atom is -0.489 e. The Hall–Kier alpha value is -2.25. The summed E-state index contributed by atoms with van der Waals surface area (Å²) in [5, 5.41) is 0.326. The highest BCUT2D eigenvalue weighted by Crippen LogP contribution is 2.30. The van der Waals surface area contributed by atoms with Crippen LogP contribution in [0.1, 0.15) is 26.7 Å². The van der Waals surface area contributed by atoms with Gasteiger partial charge >= 0.3 is 0 Å². The van der Waals surface area contributed by atoms with E-state index < -0.39 is 10.0 Å². The summed E-state index contributed by atoms with van der Waals surface area (Å²) in [6.07, 6.45) is 1.31. The third-order valence-corrected chi connectivity index (χ3v) is 5.77. The molecule has 1 amide bonds. The molecule has 8 heteroatoms. The second kappa shape index (κ2) is 7.78. The number of nitrogens with zero attached hydrogens (tertiary/aromatic N) is 1. The fourth-order valence-corrected chi connectivity index (χ4v) is 4.13. The van der Waals surface area contributed by atoms with Crippen LogP contribution in [0.2, 0.25) is 5.02 Å². The molecule has 1 fully saturated rings. The first-order chi connectivity index (χ1) is 12.8. The molecule has 0 saturated carbocycles. The number of hydrogen-bond acceptors (Lipinski definition) is 4. The summed E-state index contributed by atoms with van der Waals surface area (Å²) in [7, 11) is -3.77. The quantitative estimate of drug-likeness (QED) is 0.782. The van der Waals surface area contributed by atoms with E-state index in [2.05, 4.69) is 4.72 Å². The van der Waals surface area contributed by atoms with Crippen molar-refractivity contribution in [2.75, 3.05) is 16.2 Å². The first-order valence-corrected chi connectivity index (χ1v) is 10.5. The Balaban J connectivity index is 1.76. The van der Waals surface area contributed by atoms with Gasteiger partial charge in [-0.25, -0.2) is 8.42 Å². The van der Waals surface area contributed by atoms with Gasteiger partial charge in [-0.15, -0.1) is 0 Å². The Kier molecular flexibility index (Phi) is 5.62. The molecule has 144 valence electrons. The molecule has 0 bridgehead atoms. The highest BCUT2D eigenvalue weighted by molar-refractivity contribution is 7.92. The van der Waals surface area contributed by atoms with E-state index in [0.29, 0.717) is 35.1 Å². The summed E-state index contributed by atoms with van der Waals surface area (Å²) in [5.41, 5.74) is 1.05. The molecular weight excluding hydrogens is 388 g/mol. The number of halogens is 1. The number of benzene rings is 2. The van der Waals surface area contributed by atoms with E-state index in [4.69, 9.17) is 16.3 Å². The van der Waals surface area contributed by atoms with Crippen molar-refractivity contribution >= 4 is 38.9 Å². The van der Waals surface area contributed by atoms with Crippen LogP contribution in [0.4, 0.5) is 11.4 Å². The van der Waals surface area contributed by atoms with Gasteiger partial charge < -0.3 is 9.64 Å². The molecule has 1 heterocycles. The van der Waals surface area contributed by atoms with Gasteiger partial charge in [-0.05, 0) is 62.7 Å². The lowest BCUT2D eigenvalue weighted by molar-refractivity contribution is -0.117. The summed E-state index contributed by atoms with van der Waals surface area (Å²) in [6, 6.07) is 11.0. The number of carbonyl (C=O) groups is 1. The molecule has 6 nitrogen and oxygen atoms in total. The molecule has 0 atom stereocenters. The van der Waals surface area contributed by atoms with Crippen LogP contribution in [0.3, 0.4) is 0 Å². The summed E-state index contributed by atoms with van der Waals surface area (Å²) in [6.45, 7) is 4.42. The van der Waals surface area contributed by atoms with Crippen molar-refractivity contribution in [3.8, 4) is 5.75 Å². The van der Waals surface area contributed by atoms with E-state index in [0.717, 1.165) is 6.42 Å². The van der Waals surface area contributed by atoms with Gasteiger partial charge in [-0.1, -0.05) is 11.6 Å². The summed E-state index contributed by atoms with van der Waals surface area (Å²) in [5.74, 6) is 0.552. The lowest BCUT2D eigenvalue weighted by Crippen LogP contribution is -2.23. The number of amides is 1. The van der Waals surface area contributed by atoms with Gasteiger partial charge in [0.15, 0.2) is 0 Å². The van der Waals surface area contributed by atoms with Gasteiger partial charge in [-0.2, -0.15) is 0 Å². The molecule has 0 aliphatic carbocycles. The van der Waals surface area contributed by atoms with Crippen LogP contribution in [0.15, 0.2) is 47.4 Å². The third kappa shape index (κ3) is 4.54. The maximum Gasteiger partial charge on any atom is 0.261 e. The van der Waals surface area contributed by atoms with E-state index in [1.807, 2.05) is 13.8 Å². The zero-order valence-corrected chi connectivity index (χ0v) is 16.7. The zero-order chi connectivity index (χ0) is 19.6. The SMILES string of the molecule is CC(C)Oc1ccc(NS(=O)(=O)c2ccc(N3CCCC3=O)cc2)cc1Cl. The van der Waals surface area contributed by atoms with Crippen LogP contribution in [-0.2, 0) is 14.8 Å². The maximum atomic E-state index is 12.6. The van der Waals surface area contributed by atoms with Gasteiger partial charge in [0, 0.05) is 18.7 Å². The van der Waals surface area contributed by atoms with Gasteiger partial charge in [0.1, 0.15) is 5.75 Å². The summed E-state index contributed by atoms with van der Waals surface area (Å²) < 4.78 is 33.3. The van der Waals surface area contributed by atoms with Crippen LogP contribution in [-0.4, -0.2) is 27.0 Å². The fraction of sp³-hybridized carbons (Fsp3) is 0.316.